The van der Waals surface area contributed by atoms with Gasteiger partial charge in [0, 0.05) is 11.5 Å². The van der Waals surface area contributed by atoms with Crippen molar-refractivity contribution in [2.24, 2.45) is 11.7 Å². The van der Waals surface area contributed by atoms with Crippen LogP contribution < -0.4 is 10.5 Å². The molecule has 0 aliphatic carbocycles. The number of para-hydroxylation sites is 1. The summed E-state index contributed by atoms with van der Waals surface area (Å²) in [5, 5.41) is 0. The van der Waals surface area contributed by atoms with Crippen LogP contribution in [0.5, 0.6) is 5.75 Å². The van der Waals surface area contributed by atoms with Crippen LogP contribution in [0.4, 0.5) is 0 Å². The molecule has 0 spiro atoms. The molecule has 2 atom stereocenters. The van der Waals surface area contributed by atoms with Gasteiger partial charge in [0.1, 0.15) is 12.4 Å². The van der Waals surface area contributed by atoms with Gasteiger partial charge in [-0.2, -0.15) is 0 Å². The summed E-state index contributed by atoms with van der Waals surface area (Å²) in [5.41, 5.74) is 9.96. The molecule has 3 rings (SSSR count). The number of benzene rings is 2. The summed E-state index contributed by atoms with van der Waals surface area (Å²) in [5.74, 6) is 1.78. The number of fused-ring (bicyclic) bond motifs is 2. The molecule has 2 aromatic carbocycles. The van der Waals surface area contributed by atoms with Crippen molar-refractivity contribution in [1.82, 2.24) is 0 Å². The lowest BCUT2D eigenvalue weighted by molar-refractivity contribution is 0.306. The van der Waals surface area contributed by atoms with Crippen LogP contribution in [0.3, 0.4) is 0 Å². The van der Waals surface area contributed by atoms with E-state index >= 15 is 0 Å². The van der Waals surface area contributed by atoms with Crippen LogP contribution in [-0.4, -0.2) is 6.54 Å². The molecule has 0 fully saturated rings. The first-order valence-electron chi connectivity index (χ1n) is 7.34. The number of ether oxygens (including phenoxy) is 1. The van der Waals surface area contributed by atoms with Crippen molar-refractivity contribution in [3.05, 3.63) is 65.2 Å². The summed E-state index contributed by atoms with van der Waals surface area (Å²) in [6.45, 7) is 3.56. The standard InChI is InChI=1S/C18H21NO/c1-2-13(11-19)18-15-8-4-3-7-14(15)12-20-17-10-6-5-9-16(17)18/h3-10,13,18H,2,11-12,19H2,1H3. The zero-order valence-corrected chi connectivity index (χ0v) is 11.9. The Morgan fingerprint density at radius 1 is 1.10 bits per heavy atom. The maximum Gasteiger partial charge on any atom is 0.123 e. The van der Waals surface area contributed by atoms with Crippen LogP contribution in [0.15, 0.2) is 48.5 Å². The summed E-state index contributed by atoms with van der Waals surface area (Å²) < 4.78 is 6.00. The number of nitrogens with two attached hydrogens (primary N) is 1. The predicted molar refractivity (Wildman–Crippen MR) is 81.9 cm³/mol. The summed E-state index contributed by atoms with van der Waals surface area (Å²) in [6.07, 6.45) is 1.07. The van der Waals surface area contributed by atoms with E-state index in [1.807, 2.05) is 6.07 Å². The molecular weight excluding hydrogens is 246 g/mol. The fourth-order valence-corrected chi connectivity index (χ4v) is 3.21. The Kier molecular flexibility index (Phi) is 3.75. The Morgan fingerprint density at radius 2 is 1.80 bits per heavy atom. The Morgan fingerprint density at radius 3 is 2.55 bits per heavy atom. The molecule has 0 aromatic heterocycles. The van der Waals surface area contributed by atoms with Gasteiger partial charge in [0.25, 0.3) is 0 Å². The highest BCUT2D eigenvalue weighted by molar-refractivity contribution is 5.47. The number of hydrogen-bond donors (Lipinski definition) is 1. The summed E-state index contributed by atoms with van der Waals surface area (Å²) >= 11 is 0. The van der Waals surface area contributed by atoms with Crippen molar-refractivity contribution in [3.63, 3.8) is 0 Å². The normalized spacial score (nSPS) is 18.4. The van der Waals surface area contributed by atoms with Gasteiger partial charge in [-0.1, -0.05) is 55.8 Å². The Bertz CT molecular complexity index is 542. The topological polar surface area (TPSA) is 35.2 Å². The van der Waals surface area contributed by atoms with Crippen LogP contribution in [0, 0.1) is 5.92 Å². The lowest BCUT2D eigenvalue weighted by atomic mass is 9.78. The average Bonchev–Trinajstić information content (AvgIpc) is 2.67. The fourth-order valence-electron chi connectivity index (χ4n) is 3.21. The largest absolute Gasteiger partial charge is 0.489 e. The molecule has 0 radical (unpaired) electrons. The van der Waals surface area contributed by atoms with E-state index in [2.05, 4.69) is 49.4 Å². The zero-order valence-electron chi connectivity index (χ0n) is 11.9. The highest BCUT2D eigenvalue weighted by Gasteiger charge is 2.29. The van der Waals surface area contributed by atoms with Gasteiger partial charge in [-0.25, -0.2) is 0 Å². The maximum atomic E-state index is 6.04. The van der Waals surface area contributed by atoms with Crippen molar-refractivity contribution in [2.75, 3.05) is 6.54 Å². The molecule has 1 heterocycles. The number of hydrogen-bond acceptors (Lipinski definition) is 2. The van der Waals surface area contributed by atoms with E-state index in [1.165, 1.54) is 16.7 Å². The van der Waals surface area contributed by atoms with Crippen molar-refractivity contribution in [3.8, 4) is 5.75 Å². The lowest BCUT2D eigenvalue weighted by Crippen LogP contribution is -2.22. The SMILES string of the molecule is CCC(CN)C1c2ccccc2COc2ccccc21. The molecule has 2 aromatic rings. The molecule has 1 aliphatic rings. The van der Waals surface area contributed by atoms with E-state index in [0.717, 1.165) is 12.2 Å². The molecule has 0 saturated heterocycles. The third kappa shape index (κ3) is 2.20. The van der Waals surface area contributed by atoms with Gasteiger partial charge in [0.05, 0.1) is 0 Å². The highest BCUT2D eigenvalue weighted by atomic mass is 16.5. The van der Waals surface area contributed by atoms with Gasteiger partial charge < -0.3 is 10.5 Å². The molecule has 0 saturated carbocycles. The van der Waals surface area contributed by atoms with Gasteiger partial charge in [0.15, 0.2) is 0 Å². The molecule has 104 valence electrons. The van der Waals surface area contributed by atoms with Gasteiger partial charge >= 0.3 is 0 Å². The molecule has 20 heavy (non-hydrogen) atoms. The first-order chi connectivity index (χ1) is 9.85. The maximum absolute atomic E-state index is 6.04. The van der Waals surface area contributed by atoms with Gasteiger partial charge in [-0.3, -0.25) is 0 Å². The minimum Gasteiger partial charge on any atom is -0.489 e. The minimum absolute atomic E-state index is 0.333. The zero-order chi connectivity index (χ0) is 13.9. The van der Waals surface area contributed by atoms with Gasteiger partial charge in [0.2, 0.25) is 0 Å². The summed E-state index contributed by atoms with van der Waals surface area (Å²) in [4.78, 5) is 0. The van der Waals surface area contributed by atoms with E-state index in [-0.39, 0.29) is 0 Å². The van der Waals surface area contributed by atoms with E-state index in [9.17, 15) is 0 Å². The summed E-state index contributed by atoms with van der Waals surface area (Å²) in [7, 11) is 0. The quantitative estimate of drug-likeness (QED) is 0.920. The molecule has 2 nitrogen and oxygen atoms in total. The number of rotatable bonds is 3. The Balaban J connectivity index is 2.18. The van der Waals surface area contributed by atoms with Crippen LogP contribution in [0.25, 0.3) is 0 Å². The average molecular weight is 267 g/mol. The minimum atomic E-state index is 0.333. The second-order valence-electron chi connectivity index (χ2n) is 5.41. The van der Waals surface area contributed by atoms with E-state index in [0.29, 0.717) is 25.0 Å². The van der Waals surface area contributed by atoms with Crippen LogP contribution >= 0.6 is 0 Å². The van der Waals surface area contributed by atoms with Gasteiger partial charge in [-0.15, -0.1) is 0 Å². The van der Waals surface area contributed by atoms with Gasteiger partial charge in [-0.05, 0) is 29.7 Å². The molecule has 2 heteroatoms. The third-order valence-electron chi connectivity index (χ3n) is 4.33. The van der Waals surface area contributed by atoms with Crippen molar-refractivity contribution >= 4 is 0 Å². The van der Waals surface area contributed by atoms with Crippen LogP contribution in [0.1, 0.15) is 36.0 Å². The molecule has 2 unspecified atom stereocenters. The van der Waals surface area contributed by atoms with E-state index in [1.54, 1.807) is 0 Å². The summed E-state index contributed by atoms with van der Waals surface area (Å²) in [6, 6.07) is 17.0. The third-order valence-corrected chi connectivity index (χ3v) is 4.33. The smallest absolute Gasteiger partial charge is 0.123 e. The van der Waals surface area contributed by atoms with Crippen LogP contribution in [-0.2, 0) is 6.61 Å². The predicted octanol–water partition coefficient (Wildman–Crippen LogP) is 3.70. The molecular formula is C18H21NO. The molecule has 0 amide bonds. The first-order valence-corrected chi connectivity index (χ1v) is 7.34. The molecule has 0 bridgehead atoms. The monoisotopic (exact) mass is 267 g/mol. The second kappa shape index (κ2) is 5.68. The van der Waals surface area contributed by atoms with Crippen molar-refractivity contribution in [2.45, 2.75) is 25.9 Å². The molecule has 2 N–H and O–H groups in total. The molecule has 1 aliphatic heterocycles. The lowest BCUT2D eigenvalue weighted by Gasteiger charge is -2.26. The van der Waals surface area contributed by atoms with Crippen LogP contribution in [0.2, 0.25) is 0 Å². The van der Waals surface area contributed by atoms with E-state index < -0.39 is 0 Å². The Labute approximate surface area is 120 Å². The van der Waals surface area contributed by atoms with Crippen molar-refractivity contribution < 1.29 is 4.74 Å². The second-order valence-corrected chi connectivity index (χ2v) is 5.41. The Hall–Kier alpha value is -1.80. The fraction of sp³-hybridized carbons (Fsp3) is 0.333. The van der Waals surface area contributed by atoms with E-state index in [4.69, 9.17) is 10.5 Å². The highest BCUT2D eigenvalue weighted by Crippen LogP contribution is 2.42. The first kappa shape index (κ1) is 13.2. The van der Waals surface area contributed by atoms with Crippen molar-refractivity contribution in [1.29, 1.82) is 0 Å².